The quantitative estimate of drug-likeness (QED) is 0.556. The van der Waals surface area contributed by atoms with Crippen LogP contribution in [0.3, 0.4) is 0 Å². The van der Waals surface area contributed by atoms with Crippen molar-refractivity contribution >= 4 is 30.2 Å². The normalized spacial score (nSPS) is 11.0. The third-order valence-electron chi connectivity index (χ3n) is 1.85. The van der Waals surface area contributed by atoms with E-state index in [1.165, 1.54) is 6.92 Å². The van der Waals surface area contributed by atoms with Crippen LogP contribution in [0, 0.1) is 0 Å². The van der Waals surface area contributed by atoms with Crippen LogP contribution < -0.4 is 5.32 Å². The summed E-state index contributed by atoms with van der Waals surface area (Å²) >= 11 is 4.15. The summed E-state index contributed by atoms with van der Waals surface area (Å²) in [7, 11) is 0. The molecule has 0 heterocycles. The fourth-order valence-electron chi connectivity index (χ4n) is 1.01. The molecule has 0 saturated heterocycles. The number of carbonyl (C=O) groups excluding carboxylic acids is 1. The van der Waals surface area contributed by atoms with Crippen LogP contribution in [-0.2, 0) is 9.59 Å². The van der Waals surface area contributed by atoms with Crippen LogP contribution in [0.2, 0.25) is 0 Å². The highest BCUT2D eigenvalue weighted by molar-refractivity contribution is 7.80. The van der Waals surface area contributed by atoms with Crippen LogP contribution in [0.15, 0.2) is 40.8 Å². The Balaban J connectivity index is 2.77. The van der Waals surface area contributed by atoms with Gasteiger partial charge in [-0.05, 0) is 19.1 Å². The molecule has 1 aromatic rings. The second-order valence-corrected chi connectivity index (χ2v) is 3.62. The zero-order valence-corrected chi connectivity index (χ0v) is 9.49. The Kier molecular flexibility index (Phi) is 4.13. The van der Waals surface area contributed by atoms with E-state index in [9.17, 15) is 9.59 Å². The molecule has 0 unspecified atom stereocenters. The van der Waals surface area contributed by atoms with Gasteiger partial charge in [-0.15, -0.1) is 12.6 Å². The van der Waals surface area contributed by atoms with Crippen molar-refractivity contribution < 1.29 is 14.7 Å². The molecular formula is C11H11NO3S. The average molecular weight is 237 g/mol. The SMILES string of the molecule is C/C(=C/C(=O)Nc1ccccc1S)C(=O)O. The summed E-state index contributed by atoms with van der Waals surface area (Å²) in [5, 5.41) is 11.1. The van der Waals surface area contributed by atoms with E-state index in [-0.39, 0.29) is 5.57 Å². The number of carboxylic acid groups (broad SMARTS) is 1. The van der Waals surface area contributed by atoms with Crippen LogP contribution >= 0.6 is 12.6 Å². The lowest BCUT2D eigenvalue weighted by molar-refractivity contribution is -0.132. The van der Waals surface area contributed by atoms with E-state index >= 15 is 0 Å². The molecule has 16 heavy (non-hydrogen) atoms. The minimum Gasteiger partial charge on any atom is -0.478 e. The minimum absolute atomic E-state index is 0.0193. The molecule has 0 aromatic heterocycles. The maximum absolute atomic E-state index is 11.4. The Labute approximate surface area is 98.4 Å². The number of anilines is 1. The van der Waals surface area contributed by atoms with Gasteiger partial charge >= 0.3 is 5.97 Å². The van der Waals surface area contributed by atoms with E-state index in [1.807, 2.05) is 0 Å². The van der Waals surface area contributed by atoms with Gasteiger partial charge in [0.25, 0.3) is 0 Å². The van der Waals surface area contributed by atoms with Crippen LogP contribution in [-0.4, -0.2) is 17.0 Å². The molecule has 0 spiro atoms. The van der Waals surface area contributed by atoms with Gasteiger partial charge in [-0.1, -0.05) is 12.1 Å². The van der Waals surface area contributed by atoms with Gasteiger partial charge in [-0.3, -0.25) is 4.79 Å². The van der Waals surface area contributed by atoms with Crippen molar-refractivity contribution in [3.63, 3.8) is 0 Å². The summed E-state index contributed by atoms with van der Waals surface area (Å²) < 4.78 is 0. The van der Waals surface area contributed by atoms with E-state index in [2.05, 4.69) is 17.9 Å². The van der Waals surface area contributed by atoms with Crippen LogP contribution in [0.4, 0.5) is 5.69 Å². The van der Waals surface area contributed by atoms with E-state index in [0.717, 1.165) is 6.08 Å². The summed E-state index contributed by atoms with van der Waals surface area (Å²) in [5.41, 5.74) is 0.527. The summed E-state index contributed by atoms with van der Waals surface area (Å²) in [6.07, 6.45) is 1.03. The number of hydrogen-bond acceptors (Lipinski definition) is 3. The number of aliphatic carboxylic acids is 1. The molecule has 0 bridgehead atoms. The molecule has 0 saturated carbocycles. The predicted octanol–water partition coefficient (Wildman–Crippen LogP) is 1.94. The Hall–Kier alpha value is -1.75. The Morgan fingerprint density at radius 1 is 1.38 bits per heavy atom. The molecule has 0 atom stereocenters. The number of thiol groups is 1. The van der Waals surface area contributed by atoms with Crippen molar-refractivity contribution in [2.75, 3.05) is 5.32 Å². The third kappa shape index (κ3) is 3.43. The lowest BCUT2D eigenvalue weighted by Crippen LogP contribution is -2.11. The molecular weight excluding hydrogens is 226 g/mol. The largest absolute Gasteiger partial charge is 0.478 e. The Morgan fingerprint density at radius 2 is 2.00 bits per heavy atom. The average Bonchev–Trinajstić information content (AvgIpc) is 2.21. The van der Waals surface area contributed by atoms with E-state index in [0.29, 0.717) is 10.6 Å². The molecule has 5 heteroatoms. The van der Waals surface area contributed by atoms with Crippen molar-refractivity contribution in [1.82, 2.24) is 0 Å². The van der Waals surface area contributed by atoms with E-state index < -0.39 is 11.9 Å². The zero-order chi connectivity index (χ0) is 12.1. The lowest BCUT2D eigenvalue weighted by Gasteiger charge is -2.04. The first-order chi connectivity index (χ1) is 7.50. The molecule has 0 aliphatic rings. The van der Waals surface area contributed by atoms with Gasteiger partial charge in [0.05, 0.1) is 5.69 Å². The highest BCUT2D eigenvalue weighted by Crippen LogP contribution is 2.18. The van der Waals surface area contributed by atoms with Gasteiger partial charge < -0.3 is 10.4 Å². The smallest absolute Gasteiger partial charge is 0.331 e. The standard InChI is InChI=1S/C11H11NO3S/c1-7(11(14)15)6-10(13)12-8-4-2-3-5-9(8)16/h2-6,16H,1H3,(H,12,13)(H,14,15)/b7-6-. The minimum atomic E-state index is -1.12. The van der Waals surface area contributed by atoms with Crippen molar-refractivity contribution in [3.05, 3.63) is 35.9 Å². The molecule has 0 aliphatic carbocycles. The maximum atomic E-state index is 11.4. The number of hydrogen-bond donors (Lipinski definition) is 3. The van der Waals surface area contributed by atoms with Crippen molar-refractivity contribution in [3.8, 4) is 0 Å². The second-order valence-electron chi connectivity index (χ2n) is 3.14. The molecule has 1 aromatic carbocycles. The van der Waals surface area contributed by atoms with E-state index in [1.54, 1.807) is 24.3 Å². The van der Waals surface area contributed by atoms with Crippen molar-refractivity contribution in [2.24, 2.45) is 0 Å². The van der Waals surface area contributed by atoms with Gasteiger partial charge in [0.2, 0.25) is 5.91 Å². The monoisotopic (exact) mass is 237 g/mol. The Morgan fingerprint density at radius 3 is 2.56 bits per heavy atom. The molecule has 0 fully saturated rings. The highest BCUT2D eigenvalue weighted by atomic mass is 32.1. The van der Waals surface area contributed by atoms with Gasteiger partial charge in [0.1, 0.15) is 0 Å². The topological polar surface area (TPSA) is 66.4 Å². The van der Waals surface area contributed by atoms with Gasteiger partial charge in [0, 0.05) is 16.5 Å². The number of rotatable bonds is 3. The summed E-state index contributed by atoms with van der Waals surface area (Å²) in [6.45, 7) is 1.36. The predicted molar refractivity (Wildman–Crippen MR) is 63.7 cm³/mol. The molecule has 4 nitrogen and oxygen atoms in total. The first-order valence-corrected chi connectivity index (χ1v) is 4.96. The van der Waals surface area contributed by atoms with Crippen molar-refractivity contribution in [2.45, 2.75) is 11.8 Å². The first kappa shape index (κ1) is 12.3. The van der Waals surface area contributed by atoms with Crippen LogP contribution in [0.5, 0.6) is 0 Å². The van der Waals surface area contributed by atoms with Crippen molar-refractivity contribution in [1.29, 1.82) is 0 Å². The first-order valence-electron chi connectivity index (χ1n) is 4.51. The number of carbonyl (C=O) groups is 2. The summed E-state index contributed by atoms with van der Waals surface area (Å²) in [6, 6.07) is 6.95. The molecule has 2 N–H and O–H groups in total. The summed E-state index contributed by atoms with van der Waals surface area (Å²) in [5.74, 6) is -1.60. The fourth-order valence-corrected chi connectivity index (χ4v) is 1.22. The molecule has 1 amide bonds. The third-order valence-corrected chi connectivity index (χ3v) is 2.24. The molecule has 0 radical (unpaired) electrons. The number of benzene rings is 1. The maximum Gasteiger partial charge on any atom is 0.331 e. The lowest BCUT2D eigenvalue weighted by atomic mass is 10.2. The zero-order valence-electron chi connectivity index (χ0n) is 8.60. The molecule has 1 rings (SSSR count). The Bertz CT molecular complexity index is 454. The number of carboxylic acids is 1. The van der Waals surface area contributed by atoms with Crippen LogP contribution in [0.1, 0.15) is 6.92 Å². The van der Waals surface area contributed by atoms with Gasteiger partial charge in [-0.25, -0.2) is 4.79 Å². The second kappa shape index (κ2) is 5.37. The summed E-state index contributed by atoms with van der Waals surface area (Å²) in [4.78, 5) is 22.5. The highest BCUT2D eigenvalue weighted by Gasteiger charge is 2.05. The number of amides is 1. The van der Waals surface area contributed by atoms with Crippen LogP contribution in [0.25, 0.3) is 0 Å². The van der Waals surface area contributed by atoms with Gasteiger partial charge in [-0.2, -0.15) is 0 Å². The molecule has 84 valence electrons. The van der Waals surface area contributed by atoms with Gasteiger partial charge in [0.15, 0.2) is 0 Å². The number of para-hydroxylation sites is 1. The molecule has 0 aliphatic heterocycles. The number of nitrogens with one attached hydrogen (secondary N) is 1. The fraction of sp³-hybridized carbons (Fsp3) is 0.0909. The van der Waals surface area contributed by atoms with E-state index in [4.69, 9.17) is 5.11 Å².